The number of nitrogens with one attached hydrogen (secondary N) is 3. The van der Waals surface area contributed by atoms with Crippen LogP contribution in [-0.2, 0) is 10.0 Å². The van der Waals surface area contributed by atoms with Crippen molar-refractivity contribution >= 4 is 39.0 Å². The Morgan fingerprint density at radius 3 is 2.23 bits per heavy atom. The Hall–Kier alpha value is -3.03. The van der Waals surface area contributed by atoms with E-state index >= 15 is 0 Å². The van der Waals surface area contributed by atoms with E-state index < -0.39 is 16.1 Å². The molecule has 0 aliphatic carbocycles. The summed E-state index contributed by atoms with van der Waals surface area (Å²) in [6, 6.07) is 20.0. The van der Waals surface area contributed by atoms with E-state index in [0.29, 0.717) is 22.0 Å². The SMILES string of the molecule is Cc1ccc(NC(=O)N[C@H](C)c2ccccc2)cc1S(=O)(=O)Nc1ccc(Cl)cc1. The third-order valence-electron chi connectivity index (χ3n) is 4.48. The first-order chi connectivity index (χ1) is 14.2. The Kier molecular flexibility index (Phi) is 6.64. The molecule has 3 aromatic rings. The lowest BCUT2D eigenvalue weighted by molar-refractivity contribution is 0.249. The van der Waals surface area contributed by atoms with Gasteiger partial charge in [-0.05, 0) is 61.4 Å². The molecule has 0 bridgehead atoms. The Morgan fingerprint density at radius 2 is 1.57 bits per heavy atom. The first-order valence-corrected chi connectivity index (χ1v) is 11.1. The number of urea groups is 1. The van der Waals surface area contributed by atoms with Crippen LogP contribution in [0.4, 0.5) is 16.2 Å². The second-order valence-corrected chi connectivity index (χ2v) is 8.91. The van der Waals surface area contributed by atoms with Crippen molar-refractivity contribution in [3.8, 4) is 0 Å². The zero-order valence-corrected chi connectivity index (χ0v) is 18.1. The second-order valence-electron chi connectivity index (χ2n) is 6.82. The smallest absolute Gasteiger partial charge is 0.319 e. The average molecular weight is 444 g/mol. The summed E-state index contributed by atoms with van der Waals surface area (Å²) in [5, 5.41) is 6.04. The highest BCUT2D eigenvalue weighted by Gasteiger charge is 2.18. The van der Waals surface area contributed by atoms with Crippen molar-refractivity contribution in [1.29, 1.82) is 0 Å². The van der Waals surface area contributed by atoms with Crippen LogP contribution in [-0.4, -0.2) is 14.4 Å². The molecule has 0 heterocycles. The Bertz CT molecular complexity index is 1130. The molecule has 3 N–H and O–H groups in total. The molecule has 0 saturated heterocycles. The Balaban J connectivity index is 1.74. The van der Waals surface area contributed by atoms with Gasteiger partial charge in [0, 0.05) is 16.4 Å². The van der Waals surface area contributed by atoms with Gasteiger partial charge in [-0.15, -0.1) is 0 Å². The molecule has 0 aromatic heterocycles. The van der Waals surface area contributed by atoms with Crippen LogP contribution in [0.1, 0.15) is 24.1 Å². The summed E-state index contributed by atoms with van der Waals surface area (Å²) in [5.74, 6) is 0. The fraction of sp³-hybridized carbons (Fsp3) is 0.136. The quantitative estimate of drug-likeness (QED) is 0.481. The number of hydrogen-bond donors (Lipinski definition) is 3. The van der Waals surface area contributed by atoms with Gasteiger partial charge in [-0.3, -0.25) is 4.72 Å². The first-order valence-electron chi connectivity index (χ1n) is 9.26. The van der Waals surface area contributed by atoms with Gasteiger partial charge < -0.3 is 10.6 Å². The maximum Gasteiger partial charge on any atom is 0.319 e. The van der Waals surface area contributed by atoms with Gasteiger partial charge in [0.2, 0.25) is 0 Å². The molecule has 0 aliphatic heterocycles. The number of hydrogen-bond acceptors (Lipinski definition) is 3. The molecule has 0 saturated carbocycles. The second kappa shape index (κ2) is 9.19. The molecule has 0 spiro atoms. The van der Waals surface area contributed by atoms with Crippen LogP contribution < -0.4 is 15.4 Å². The highest BCUT2D eigenvalue weighted by Crippen LogP contribution is 2.24. The highest BCUT2D eigenvalue weighted by molar-refractivity contribution is 7.92. The number of halogens is 1. The summed E-state index contributed by atoms with van der Waals surface area (Å²) in [6.07, 6.45) is 0. The number of rotatable bonds is 6. The molecule has 3 aromatic carbocycles. The van der Waals surface area contributed by atoms with E-state index in [1.165, 1.54) is 6.07 Å². The lowest BCUT2D eigenvalue weighted by Crippen LogP contribution is -2.31. The predicted octanol–water partition coefficient (Wildman–Crippen LogP) is 5.33. The molecular weight excluding hydrogens is 422 g/mol. The van der Waals surface area contributed by atoms with E-state index in [1.807, 2.05) is 37.3 Å². The minimum atomic E-state index is -3.85. The lowest BCUT2D eigenvalue weighted by Gasteiger charge is -2.16. The van der Waals surface area contributed by atoms with Crippen molar-refractivity contribution < 1.29 is 13.2 Å². The van der Waals surface area contributed by atoms with Crippen LogP contribution in [0.3, 0.4) is 0 Å². The van der Waals surface area contributed by atoms with Gasteiger partial charge in [-0.1, -0.05) is 48.0 Å². The van der Waals surface area contributed by atoms with E-state index in [-0.39, 0.29) is 10.9 Å². The maximum absolute atomic E-state index is 12.8. The molecule has 3 rings (SSSR count). The van der Waals surface area contributed by atoms with Crippen molar-refractivity contribution in [3.05, 3.63) is 88.9 Å². The van der Waals surface area contributed by atoms with Crippen LogP contribution in [0.5, 0.6) is 0 Å². The van der Waals surface area contributed by atoms with Crippen molar-refractivity contribution in [3.63, 3.8) is 0 Å². The minimum absolute atomic E-state index is 0.0753. The van der Waals surface area contributed by atoms with E-state index in [0.717, 1.165) is 5.56 Å². The predicted molar refractivity (Wildman–Crippen MR) is 120 cm³/mol. The monoisotopic (exact) mass is 443 g/mol. The molecule has 1 atom stereocenters. The summed E-state index contributed by atoms with van der Waals surface area (Å²) < 4.78 is 28.2. The largest absolute Gasteiger partial charge is 0.331 e. The lowest BCUT2D eigenvalue weighted by atomic mass is 10.1. The van der Waals surface area contributed by atoms with Gasteiger partial charge in [-0.2, -0.15) is 0 Å². The van der Waals surface area contributed by atoms with Crippen LogP contribution in [0.2, 0.25) is 5.02 Å². The third kappa shape index (κ3) is 5.52. The third-order valence-corrected chi connectivity index (χ3v) is 6.25. The van der Waals surface area contributed by atoms with Gasteiger partial charge in [0.15, 0.2) is 0 Å². The number of carbonyl (C=O) groups excluding carboxylic acids is 1. The van der Waals surface area contributed by atoms with Crippen molar-refractivity contribution in [2.24, 2.45) is 0 Å². The number of sulfonamides is 1. The highest BCUT2D eigenvalue weighted by atomic mass is 35.5. The molecule has 0 aliphatic rings. The van der Waals surface area contributed by atoms with Gasteiger partial charge >= 0.3 is 6.03 Å². The van der Waals surface area contributed by atoms with Crippen LogP contribution in [0.15, 0.2) is 77.7 Å². The van der Waals surface area contributed by atoms with Gasteiger partial charge in [0.1, 0.15) is 0 Å². The average Bonchev–Trinajstić information content (AvgIpc) is 2.71. The van der Waals surface area contributed by atoms with Crippen LogP contribution in [0.25, 0.3) is 0 Å². The Morgan fingerprint density at radius 1 is 0.933 bits per heavy atom. The van der Waals surface area contributed by atoms with E-state index in [1.54, 1.807) is 43.3 Å². The van der Waals surface area contributed by atoms with Crippen molar-refractivity contribution in [2.45, 2.75) is 24.8 Å². The summed E-state index contributed by atoms with van der Waals surface area (Å²) in [5.41, 5.74) is 2.29. The molecule has 0 unspecified atom stereocenters. The summed E-state index contributed by atoms with van der Waals surface area (Å²) in [7, 11) is -3.85. The molecule has 0 fully saturated rings. The van der Waals surface area contributed by atoms with Crippen molar-refractivity contribution in [1.82, 2.24) is 5.32 Å². The number of benzene rings is 3. The van der Waals surface area contributed by atoms with Gasteiger partial charge in [-0.25, -0.2) is 13.2 Å². The fourth-order valence-corrected chi connectivity index (χ4v) is 4.34. The molecular formula is C22H22ClN3O3S. The molecule has 2 amide bonds. The van der Waals surface area contributed by atoms with Crippen LogP contribution in [0, 0.1) is 6.92 Å². The summed E-state index contributed by atoms with van der Waals surface area (Å²) in [6.45, 7) is 3.56. The summed E-state index contributed by atoms with van der Waals surface area (Å²) in [4.78, 5) is 12.4. The molecule has 156 valence electrons. The number of amides is 2. The standard InChI is InChI=1S/C22H22ClN3O3S/c1-15-8-11-20(25-22(27)24-16(2)17-6-4-3-5-7-17)14-21(15)30(28,29)26-19-12-9-18(23)10-13-19/h3-14,16,26H,1-2H3,(H2,24,25,27)/t16-/m1/s1. The zero-order chi connectivity index (χ0) is 21.7. The normalized spacial score (nSPS) is 12.1. The number of aryl methyl sites for hydroxylation is 1. The van der Waals surface area contributed by atoms with E-state index in [4.69, 9.17) is 11.6 Å². The van der Waals surface area contributed by atoms with Gasteiger partial charge in [0.05, 0.1) is 10.9 Å². The minimum Gasteiger partial charge on any atom is -0.331 e. The van der Waals surface area contributed by atoms with Crippen molar-refractivity contribution in [2.75, 3.05) is 10.0 Å². The topological polar surface area (TPSA) is 87.3 Å². The van der Waals surface area contributed by atoms with Gasteiger partial charge in [0.25, 0.3) is 10.0 Å². The fourth-order valence-electron chi connectivity index (χ4n) is 2.88. The zero-order valence-electron chi connectivity index (χ0n) is 16.5. The molecule has 8 heteroatoms. The Labute approximate surface area is 181 Å². The summed E-state index contributed by atoms with van der Waals surface area (Å²) >= 11 is 5.85. The molecule has 0 radical (unpaired) electrons. The first kappa shape index (κ1) is 21.7. The van der Waals surface area contributed by atoms with E-state index in [9.17, 15) is 13.2 Å². The van der Waals surface area contributed by atoms with E-state index in [2.05, 4.69) is 15.4 Å². The maximum atomic E-state index is 12.8. The molecule has 30 heavy (non-hydrogen) atoms. The number of anilines is 2. The molecule has 6 nitrogen and oxygen atoms in total. The van der Waals surface area contributed by atoms with Crippen LogP contribution >= 0.6 is 11.6 Å². The number of carbonyl (C=O) groups is 1.